The van der Waals surface area contributed by atoms with Gasteiger partial charge in [0, 0.05) is 23.1 Å². The topological polar surface area (TPSA) is 58.6 Å². The Morgan fingerprint density at radius 3 is 2.43 bits per heavy atom. The molecule has 0 aliphatic rings. The van der Waals surface area contributed by atoms with Gasteiger partial charge in [0.15, 0.2) is 6.61 Å². The molecular weight excluding hydrogens is 399 g/mol. The predicted molar refractivity (Wildman–Crippen MR) is 112 cm³/mol. The third-order valence-corrected chi connectivity index (χ3v) is 4.79. The van der Waals surface area contributed by atoms with E-state index in [1.54, 1.807) is 30.3 Å². The summed E-state index contributed by atoms with van der Waals surface area (Å²) in [5.41, 5.74) is 0.710. The van der Waals surface area contributed by atoms with Gasteiger partial charge in [0.2, 0.25) is 5.91 Å². The molecule has 0 saturated heterocycles. The van der Waals surface area contributed by atoms with E-state index in [9.17, 15) is 9.59 Å². The van der Waals surface area contributed by atoms with E-state index in [1.165, 1.54) is 4.90 Å². The lowest BCUT2D eigenvalue weighted by atomic mass is 10.1. The molecule has 0 aliphatic carbocycles. The normalized spacial score (nSPS) is 11.6. The summed E-state index contributed by atoms with van der Waals surface area (Å²) < 4.78 is 5.59. The van der Waals surface area contributed by atoms with E-state index in [4.69, 9.17) is 27.9 Å². The summed E-state index contributed by atoms with van der Waals surface area (Å²) in [6.45, 7) is 4.19. The molecule has 0 radical (unpaired) electrons. The van der Waals surface area contributed by atoms with Gasteiger partial charge in [0.1, 0.15) is 11.8 Å². The lowest BCUT2D eigenvalue weighted by molar-refractivity contribution is -0.142. The highest BCUT2D eigenvalue weighted by molar-refractivity contribution is 6.35. The van der Waals surface area contributed by atoms with Gasteiger partial charge in [0.25, 0.3) is 5.91 Å². The highest BCUT2D eigenvalue weighted by Gasteiger charge is 2.29. The van der Waals surface area contributed by atoms with E-state index in [0.29, 0.717) is 34.3 Å². The number of para-hydroxylation sites is 1. The van der Waals surface area contributed by atoms with Crippen molar-refractivity contribution in [3.05, 3.63) is 64.1 Å². The van der Waals surface area contributed by atoms with Crippen molar-refractivity contribution in [1.29, 1.82) is 0 Å². The smallest absolute Gasteiger partial charge is 0.261 e. The molecule has 0 saturated carbocycles. The van der Waals surface area contributed by atoms with E-state index < -0.39 is 6.04 Å². The van der Waals surface area contributed by atoms with Gasteiger partial charge in [-0.25, -0.2) is 0 Å². The second-order valence-electron chi connectivity index (χ2n) is 6.18. The second kappa shape index (κ2) is 10.9. The molecule has 7 heteroatoms. The zero-order chi connectivity index (χ0) is 20.5. The summed E-state index contributed by atoms with van der Waals surface area (Å²) in [6.07, 6.45) is 0.466. The van der Waals surface area contributed by atoms with Crippen LogP contribution in [0.15, 0.2) is 48.5 Å². The van der Waals surface area contributed by atoms with Gasteiger partial charge < -0.3 is 15.0 Å². The third-order valence-electron chi connectivity index (χ3n) is 4.20. The zero-order valence-electron chi connectivity index (χ0n) is 16.0. The van der Waals surface area contributed by atoms with Crippen molar-refractivity contribution in [2.24, 2.45) is 0 Å². The van der Waals surface area contributed by atoms with Crippen LogP contribution in [0.25, 0.3) is 0 Å². The minimum atomic E-state index is -0.626. The Bertz CT molecular complexity index is 799. The maximum atomic E-state index is 13.0. The largest absolute Gasteiger partial charge is 0.484 e. The van der Waals surface area contributed by atoms with E-state index in [-0.39, 0.29) is 25.0 Å². The van der Waals surface area contributed by atoms with Crippen molar-refractivity contribution in [2.75, 3.05) is 13.2 Å². The first kappa shape index (κ1) is 22.1. The average molecular weight is 423 g/mol. The maximum Gasteiger partial charge on any atom is 0.261 e. The minimum absolute atomic E-state index is 0.175. The Balaban J connectivity index is 2.23. The van der Waals surface area contributed by atoms with Gasteiger partial charge in [-0.1, -0.05) is 54.4 Å². The molecule has 1 atom stereocenters. The Labute approximate surface area is 175 Å². The van der Waals surface area contributed by atoms with Crippen molar-refractivity contribution in [2.45, 2.75) is 32.9 Å². The van der Waals surface area contributed by atoms with Gasteiger partial charge in [-0.3, -0.25) is 9.59 Å². The van der Waals surface area contributed by atoms with Crippen LogP contribution in [0.5, 0.6) is 5.75 Å². The molecule has 0 spiro atoms. The van der Waals surface area contributed by atoms with Gasteiger partial charge in [-0.2, -0.15) is 0 Å². The van der Waals surface area contributed by atoms with Crippen molar-refractivity contribution in [1.82, 2.24) is 10.2 Å². The number of rotatable bonds is 9. The number of likely N-dealkylation sites (N-methyl/N-ethyl adjacent to an activating group) is 1. The molecule has 0 bridgehead atoms. The molecule has 2 rings (SSSR count). The molecule has 0 heterocycles. The summed E-state index contributed by atoms with van der Waals surface area (Å²) in [4.78, 5) is 27.0. The zero-order valence-corrected chi connectivity index (χ0v) is 17.5. The van der Waals surface area contributed by atoms with Crippen LogP contribution in [0, 0.1) is 0 Å². The lowest BCUT2D eigenvalue weighted by Gasteiger charge is -2.30. The standard InChI is InChI=1S/C21H24Cl2N2O3/c1-3-19(21(27)24-4-2)25(13-15-10-11-16(22)12-18(15)23)20(26)14-28-17-8-6-5-7-9-17/h5-12,19H,3-4,13-14H2,1-2H3,(H,24,27)/t19-/m1/s1. The van der Waals surface area contributed by atoms with E-state index in [1.807, 2.05) is 32.0 Å². The van der Waals surface area contributed by atoms with Crippen molar-refractivity contribution >= 4 is 35.0 Å². The van der Waals surface area contributed by atoms with E-state index >= 15 is 0 Å². The summed E-state index contributed by atoms with van der Waals surface area (Å²) in [5, 5.41) is 3.74. The van der Waals surface area contributed by atoms with Gasteiger partial charge in [-0.05, 0) is 43.2 Å². The molecule has 0 unspecified atom stereocenters. The van der Waals surface area contributed by atoms with Gasteiger partial charge in [-0.15, -0.1) is 0 Å². The van der Waals surface area contributed by atoms with E-state index in [0.717, 1.165) is 0 Å². The molecule has 2 amide bonds. The van der Waals surface area contributed by atoms with Crippen LogP contribution < -0.4 is 10.1 Å². The summed E-state index contributed by atoms with van der Waals surface area (Å²) in [7, 11) is 0. The van der Waals surface area contributed by atoms with Crippen LogP contribution in [0.1, 0.15) is 25.8 Å². The first-order valence-electron chi connectivity index (χ1n) is 9.15. The Morgan fingerprint density at radius 1 is 1.11 bits per heavy atom. The number of carbonyl (C=O) groups is 2. The number of benzene rings is 2. The molecule has 150 valence electrons. The monoisotopic (exact) mass is 422 g/mol. The van der Waals surface area contributed by atoms with Crippen LogP contribution in [0.3, 0.4) is 0 Å². The van der Waals surface area contributed by atoms with Crippen LogP contribution in [0.2, 0.25) is 10.0 Å². The molecule has 5 nitrogen and oxygen atoms in total. The quantitative estimate of drug-likeness (QED) is 0.654. The van der Waals surface area contributed by atoms with Crippen molar-refractivity contribution < 1.29 is 14.3 Å². The van der Waals surface area contributed by atoms with Crippen LogP contribution in [-0.2, 0) is 16.1 Å². The van der Waals surface area contributed by atoms with Crippen molar-refractivity contribution in [3.8, 4) is 5.75 Å². The van der Waals surface area contributed by atoms with E-state index in [2.05, 4.69) is 5.32 Å². The molecule has 1 N–H and O–H groups in total. The number of halogens is 2. The SMILES string of the molecule is CCNC(=O)[C@@H](CC)N(Cc1ccc(Cl)cc1Cl)C(=O)COc1ccccc1. The molecule has 0 aliphatic heterocycles. The Kier molecular flexibility index (Phi) is 8.61. The fraction of sp³-hybridized carbons (Fsp3) is 0.333. The number of hydrogen-bond acceptors (Lipinski definition) is 3. The molecule has 2 aromatic rings. The molecule has 28 heavy (non-hydrogen) atoms. The first-order chi connectivity index (χ1) is 13.5. The lowest BCUT2D eigenvalue weighted by Crippen LogP contribution is -2.50. The predicted octanol–water partition coefficient (Wildman–Crippen LogP) is 4.32. The minimum Gasteiger partial charge on any atom is -0.484 e. The van der Waals surface area contributed by atoms with Crippen LogP contribution in [0.4, 0.5) is 0 Å². The van der Waals surface area contributed by atoms with Gasteiger partial charge in [0.05, 0.1) is 0 Å². The van der Waals surface area contributed by atoms with Crippen molar-refractivity contribution in [3.63, 3.8) is 0 Å². The number of hydrogen-bond donors (Lipinski definition) is 1. The first-order valence-corrected chi connectivity index (χ1v) is 9.90. The third kappa shape index (κ3) is 6.14. The van der Waals surface area contributed by atoms with Crippen LogP contribution in [-0.4, -0.2) is 35.9 Å². The van der Waals surface area contributed by atoms with Gasteiger partial charge >= 0.3 is 0 Å². The fourth-order valence-corrected chi connectivity index (χ4v) is 3.26. The number of nitrogens with zero attached hydrogens (tertiary/aromatic N) is 1. The Hall–Kier alpha value is -2.24. The summed E-state index contributed by atoms with van der Waals surface area (Å²) in [5.74, 6) is 0.0857. The average Bonchev–Trinajstić information content (AvgIpc) is 2.68. The van der Waals surface area contributed by atoms with Crippen LogP contribution >= 0.6 is 23.2 Å². The number of carbonyl (C=O) groups excluding carboxylic acids is 2. The number of amides is 2. The second-order valence-corrected chi connectivity index (χ2v) is 7.02. The summed E-state index contributed by atoms with van der Waals surface area (Å²) in [6, 6.07) is 13.5. The number of ether oxygens (including phenoxy) is 1. The Morgan fingerprint density at radius 2 is 1.82 bits per heavy atom. The molecule has 0 fully saturated rings. The maximum absolute atomic E-state index is 13.0. The fourth-order valence-electron chi connectivity index (χ4n) is 2.79. The molecular formula is C21H24Cl2N2O3. The molecule has 2 aromatic carbocycles. The summed E-state index contributed by atoms with van der Waals surface area (Å²) >= 11 is 12.3. The molecule has 0 aromatic heterocycles. The highest BCUT2D eigenvalue weighted by atomic mass is 35.5. The number of nitrogens with one attached hydrogen (secondary N) is 1. The highest BCUT2D eigenvalue weighted by Crippen LogP contribution is 2.24.